The van der Waals surface area contributed by atoms with Crippen molar-refractivity contribution in [2.45, 2.75) is 62.3 Å². The van der Waals surface area contributed by atoms with Crippen LogP contribution in [-0.2, 0) is 0 Å². The Hall–Kier alpha value is -2.12. The van der Waals surface area contributed by atoms with Crippen molar-refractivity contribution in [1.82, 2.24) is 9.36 Å². The Bertz CT molecular complexity index is 815. The minimum Gasteiger partial charge on any atom is -0.503 e. The fourth-order valence-corrected chi connectivity index (χ4v) is 3.95. The zero-order valence-corrected chi connectivity index (χ0v) is 19.8. The molecule has 4 N–H and O–H groups in total. The van der Waals surface area contributed by atoms with Gasteiger partial charge in [0.15, 0.2) is 16.6 Å². The van der Waals surface area contributed by atoms with E-state index < -0.39 is 0 Å². The van der Waals surface area contributed by atoms with Crippen molar-refractivity contribution >= 4 is 28.0 Å². The van der Waals surface area contributed by atoms with Gasteiger partial charge >= 0.3 is 0 Å². The van der Waals surface area contributed by atoms with Crippen LogP contribution in [0, 0.1) is 62.3 Å². The summed E-state index contributed by atoms with van der Waals surface area (Å²) >= 11 is 2.62. The van der Waals surface area contributed by atoms with Gasteiger partial charge in [-0.15, -0.1) is 11.3 Å². The molecule has 3 rings (SSSR count). The second kappa shape index (κ2) is 9.89. The van der Waals surface area contributed by atoms with Gasteiger partial charge in [0.05, 0.1) is 0 Å². The van der Waals surface area contributed by atoms with Gasteiger partial charge in [0.2, 0.25) is 0 Å². The largest absolute Gasteiger partial charge is 0.503 e. The van der Waals surface area contributed by atoms with Gasteiger partial charge < -0.3 is 15.9 Å². The standard InChI is InChI=1S/C12H18.C6H8O2S.C3H5N3S/c1-7-8(2)10(4)12(6)11(5)9(7)3;1-3-5(7)6(8)4(2)9-3;1-2-5-3(4)7-6-2/h1-6H3;7-8H,1-2H3;1H3,(H2,4,5,6). The van der Waals surface area contributed by atoms with E-state index in [0.717, 1.165) is 15.6 Å². The molecule has 0 unspecified atom stereocenters. The lowest BCUT2D eigenvalue weighted by atomic mass is 9.90. The maximum atomic E-state index is 8.99. The molecule has 28 heavy (non-hydrogen) atoms. The Morgan fingerprint density at radius 3 is 1.07 bits per heavy atom. The minimum absolute atomic E-state index is 0.0255. The maximum Gasteiger partial charge on any atom is 0.199 e. The number of hydrogen-bond acceptors (Lipinski definition) is 7. The van der Waals surface area contributed by atoms with Crippen LogP contribution in [0.15, 0.2) is 0 Å². The molecule has 2 aromatic heterocycles. The molecule has 0 saturated heterocycles. The molecular weight excluding hydrogens is 390 g/mol. The molecule has 0 bridgehead atoms. The van der Waals surface area contributed by atoms with Gasteiger partial charge in [0, 0.05) is 21.3 Å². The van der Waals surface area contributed by atoms with Crippen LogP contribution in [0.2, 0.25) is 0 Å². The summed E-state index contributed by atoms with van der Waals surface area (Å²) in [5, 5.41) is 18.5. The van der Waals surface area contributed by atoms with E-state index in [-0.39, 0.29) is 11.5 Å². The number of aryl methyl sites for hydroxylation is 3. The average Bonchev–Trinajstić information content (AvgIpc) is 3.14. The fourth-order valence-electron chi connectivity index (χ4n) is 2.66. The van der Waals surface area contributed by atoms with Crippen molar-refractivity contribution in [3.05, 3.63) is 49.0 Å². The van der Waals surface area contributed by atoms with E-state index in [1.54, 1.807) is 13.8 Å². The van der Waals surface area contributed by atoms with Crippen LogP contribution >= 0.6 is 22.9 Å². The predicted molar refractivity (Wildman–Crippen MR) is 121 cm³/mol. The smallest absolute Gasteiger partial charge is 0.199 e. The monoisotopic (exact) mass is 421 g/mol. The zero-order valence-electron chi connectivity index (χ0n) is 18.2. The van der Waals surface area contributed by atoms with Crippen LogP contribution in [0.25, 0.3) is 0 Å². The molecule has 0 aliphatic carbocycles. The van der Waals surface area contributed by atoms with Gasteiger partial charge in [0.1, 0.15) is 5.82 Å². The van der Waals surface area contributed by atoms with Gasteiger partial charge in [-0.05, 0) is 95.7 Å². The number of nitrogen functional groups attached to an aromatic ring is 1. The lowest BCUT2D eigenvalue weighted by Gasteiger charge is -2.15. The van der Waals surface area contributed by atoms with Crippen LogP contribution in [0.5, 0.6) is 11.5 Å². The second-order valence-corrected chi connectivity index (χ2v) is 9.05. The average molecular weight is 422 g/mol. The molecular formula is C21H31N3O2S2. The van der Waals surface area contributed by atoms with Crippen molar-refractivity contribution in [1.29, 1.82) is 0 Å². The summed E-state index contributed by atoms with van der Waals surface area (Å²) in [6, 6.07) is 0. The third kappa shape index (κ3) is 5.69. The molecule has 154 valence electrons. The molecule has 5 nitrogen and oxygen atoms in total. The molecule has 1 aromatic carbocycles. The van der Waals surface area contributed by atoms with Crippen molar-refractivity contribution in [2.24, 2.45) is 0 Å². The SMILES string of the molecule is Cc1c(C)c(C)c(C)c(C)c1C.Cc1nsc(N)n1.Cc1sc(C)c(O)c1O. The lowest BCUT2D eigenvalue weighted by molar-refractivity contribution is 0.403. The van der Waals surface area contributed by atoms with E-state index in [1.165, 1.54) is 56.2 Å². The zero-order chi connectivity index (χ0) is 21.8. The maximum absolute atomic E-state index is 8.99. The van der Waals surface area contributed by atoms with Crippen molar-refractivity contribution < 1.29 is 10.2 Å². The number of nitrogens with zero attached hydrogens (tertiary/aromatic N) is 2. The Labute approximate surface area is 176 Å². The number of aromatic nitrogens is 2. The Morgan fingerprint density at radius 2 is 0.964 bits per heavy atom. The van der Waals surface area contributed by atoms with Crippen molar-refractivity contribution in [3.8, 4) is 11.5 Å². The molecule has 0 radical (unpaired) electrons. The second-order valence-electron chi connectivity index (χ2n) is 6.84. The molecule has 0 aliphatic heterocycles. The van der Waals surface area contributed by atoms with E-state index in [2.05, 4.69) is 50.9 Å². The molecule has 0 spiro atoms. The molecule has 0 fully saturated rings. The summed E-state index contributed by atoms with van der Waals surface area (Å²) in [5.41, 5.74) is 13.9. The highest BCUT2D eigenvalue weighted by molar-refractivity contribution is 7.12. The molecule has 3 aromatic rings. The van der Waals surface area contributed by atoms with Gasteiger partial charge in [-0.25, -0.2) is 4.98 Å². The number of rotatable bonds is 0. The number of anilines is 1. The molecule has 0 saturated carbocycles. The normalized spacial score (nSPS) is 10.0. The Kier molecular flexibility index (Phi) is 8.45. The van der Waals surface area contributed by atoms with Gasteiger partial charge in [-0.3, -0.25) is 0 Å². The molecule has 2 heterocycles. The number of hydrogen-bond donors (Lipinski definition) is 3. The van der Waals surface area contributed by atoms with Crippen LogP contribution in [0.4, 0.5) is 5.13 Å². The van der Waals surface area contributed by atoms with Gasteiger partial charge in [-0.1, -0.05) is 0 Å². The summed E-state index contributed by atoms with van der Waals surface area (Å²) < 4.78 is 3.82. The van der Waals surface area contributed by atoms with E-state index >= 15 is 0 Å². The minimum atomic E-state index is 0.0255. The first kappa shape index (κ1) is 23.9. The number of nitrogens with two attached hydrogens (primary N) is 1. The number of aromatic hydroxyl groups is 2. The highest BCUT2D eigenvalue weighted by Crippen LogP contribution is 2.38. The quantitative estimate of drug-likeness (QED) is 0.430. The number of benzene rings is 1. The summed E-state index contributed by atoms with van der Waals surface area (Å²) in [7, 11) is 0. The van der Waals surface area contributed by atoms with Crippen LogP contribution in [-0.4, -0.2) is 19.6 Å². The third-order valence-electron chi connectivity index (χ3n) is 5.12. The number of thiophene rings is 1. The van der Waals surface area contributed by atoms with Crippen LogP contribution in [0.1, 0.15) is 49.0 Å². The first-order valence-electron chi connectivity index (χ1n) is 8.95. The molecule has 0 aliphatic rings. The predicted octanol–water partition coefficient (Wildman–Crippen LogP) is 5.74. The van der Waals surface area contributed by atoms with Crippen LogP contribution < -0.4 is 5.73 Å². The highest BCUT2D eigenvalue weighted by Gasteiger charge is 2.09. The summed E-state index contributed by atoms with van der Waals surface area (Å²) in [4.78, 5) is 5.33. The first-order valence-corrected chi connectivity index (χ1v) is 10.5. The summed E-state index contributed by atoms with van der Waals surface area (Å²) in [6.07, 6.45) is 0. The van der Waals surface area contributed by atoms with Crippen LogP contribution in [0.3, 0.4) is 0 Å². The highest BCUT2D eigenvalue weighted by atomic mass is 32.1. The Balaban J connectivity index is 0.000000218. The lowest BCUT2D eigenvalue weighted by Crippen LogP contribution is -1.98. The van der Waals surface area contributed by atoms with Gasteiger partial charge in [-0.2, -0.15) is 4.37 Å². The molecule has 0 amide bonds. The topological polar surface area (TPSA) is 92.3 Å². The van der Waals surface area contributed by atoms with E-state index in [4.69, 9.17) is 15.9 Å². The molecule has 7 heteroatoms. The summed E-state index contributed by atoms with van der Waals surface area (Å²) in [6.45, 7) is 18.6. The van der Waals surface area contributed by atoms with E-state index in [9.17, 15) is 0 Å². The first-order chi connectivity index (χ1) is 12.9. The fraction of sp³-hybridized carbons (Fsp3) is 0.429. The third-order valence-corrected chi connectivity index (χ3v) is 6.75. The van der Waals surface area contributed by atoms with Crippen molar-refractivity contribution in [2.75, 3.05) is 5.73 Å². The van der Waals surface area contributed by atoms with Gasteiger partial charge in [0.25, 0.3) is 0 Å². The van der Waals surface area contributed by atoms with E-state index in [1.807, 2.05) is 6.92 Å². The summed E-state index contributed by atoms with van der Waals surface area (Å²) in [5.74, 6) is 0.803. The molecule has 0 atom stereocenters. The van der Waals surface area contributed by atoms with Crippen molar-refractivity contribution in [3.63, 3.8) is 0 Å². The Morgan fingerprint density at radius 1 is 0.643 bits per heavy atom. The van der Waals surface area contributed by atoms with E-state index in [0.29, 0.717) is 5.13 Å².